The summed E-state index contributed by atoms with van der Waals surface area (Å²) in [6.07, 6.45) is 0. The maximum absolute atomic E-state index is 12.4. The lowest BCUT2D eigenvalue weighted by atomic mass is 9.86. The van der Waals surface area contributed by atoms with Gasteiger partial charge in [-0.1, -0.05) is 20.8 Å². The largest absolute Gasteiger partial charge is 0.534 e. The summed E-state index contributed by atoms with van der Waals surface area (Å²) >= 11 is 0. The number of hydrogen-bond donors (Lipinski definition) is 0. The van der Waals surface area contributed by atoms with Gasteiger partial charge in [0.05, 0.1) is 0 Å². The zero-order valence-corrected chi connectivity index (χ0v) is 14.9. The molecule has 0 saturated carbocycles. The third-order valence-electron chi connectivity index (χ3n) is 2.73. The Morgan fingerprint density at radius 3 is 1.58 bits per heavy atom. The first-order chi connectivity index (χ1) is 11.3. The van der Waals surface area contributed by atoms with Crippen molar-refractivity contribution in [3.8, 4) is 11.5 Å². The van der Waals surface area contributed by atoms with Gasteiger partial charge in [-0.05, 0) is 23.6 Å². The van der Waals surface area contributed by atoms with Crippen molar-refractivity contribution in [3.05, 3.63) is 23.8 Å². The van der Waals surface area contributed by atoms with E-state index in [1.54, 1.807) is 0 Å². The van der Waals surface area contributed by atoms with Gasteiger partial charge in [0, 0.05) is 5.56 Å². The molecular weight excluding hydrogens is 418 g/mol. The molecule has 14 heteroatoms. The molecule has 0 amide bonds. The first kappa shape index (κ1) is 22.3. The average molecular weight is 430 g/mol. The van der Waals surface area contributed by atoms with Gasteiger partial charge in [0.1, 0.15) is 11.5 Å². The Hall–Kier alpha value is -1.70. The van der Waals surface area contributed by atoms with Crippen molar-refractivity contribution in [1.82, 2.24) is 0 Å². The fourth-order valence-corrected chi connectivity index (χ4v) is 2.49. The Bertz CT molecular complexity index is 878. The second-order valence-corrected chi connectivity index (χ2v) is 8.95. The minimum Gasteiger partial charge on any atom is -0.376 e. The Morgan fingerprint density at radius 2 is 1.19 bits per heavy atom. The molecule has 0 aliphatic carbocycles. The molecule has 26 heavy (non-hydrogen) atoms. The summed E-state index contributed by atoms with van der Waals surface area (Å²) in [7, 11) is -12.1. The molecule has 0 aromatic heterocycles. The van der Waals surface area contributed by atoms with Crippen LogP contribution in [0.25, 0.3) is 0 Å². The third kappa shape index (κ3) is 4.93. The van der Waals surface area contributed by atoms with Gasteiger partial charge in [-0.25, -0.2) is 0 Å². The van der Waals surface area contributed by atoms with Crippen LogP contribution in [0, 0.1) is 0 Å². The van der Waals surface area contributed by atoms with Gasteiger partial charge >= 0.3 is 31.3 Å². The number of alkyl halides is 6. The predicted molar refractivity (Wildman–Crippen MR) is 76.3 cm³/mol. The van der Waals surface area contributed by atoms with E-state index in [1.165, 1.54) is 20.8 Å². The second-order valence-electron chi connectivity index (χ2n) is 5.87. The van der Waals surface area contributed by atoms with Crippen LogP contribution in [0.3, 0.4) is 0 Å². The van der Waals surface area contributed by atoms with Gasteiger partial charge in [0.25, 0.3) is 0 Å². The van der Waals surface area contributed by atoms with Crippen molar-refractivity contribution in [2.24, 2.45) is 0 Å². The molecule has 150 valence electrons. The van der Waals surface area contributed by atoms with E-state index in [1.807, 2.05) is 0 Å². The van der Waals surface area contributed by atoms with E-state index in [0.717, 1.165) is 0 Å². The fourth-order valence-electron chi connectivity index (χ4n) is 1.56. The van der Waals surface area contributed by atoms with Crippen LogP contribution in [0.5, 0.6) is 11.5 Å². The highest BCUT2D eigenvalue weighted by atomic mass is 32.2. The van der Waals surface area contributed by atoms with Crippen molar-refractivity contribution in [3.63, 3.8) is 0 Å². The molecule has 0 bridgehead atoms. The van der Waals surface area contributed by atoms with Crippen LogP contribution >= 0.6 is 0 Å². The standard InChI is InChI=1S/C12H12F6O6S2/c1-10(2,3)8-6-7(23-25(19,20)11(13,14)15)4-5-9(8)24-26(21,22)12(16,17)18/h4-6H,1-3H3. The van der Waals surface area contributed by atoms with Crippen molar-refractivity contribution in [2.45, 2.75) is 37.2 Å². The van der Waals surface area contributed by atoms with E-state index in [-0.39, 0.29) is 5.56 Å². The molecule has 1 rings (SSSR count). The molecule has 6 nitrogen and oxygen atoms in total. The molecule has 0 N–H and O–H groups in total. The normalized spacial score (nSPS) is 14.2. The topological polar surface area (TPSA) is 86.7 Å². The van der Waals surface area contributed by atoms with Crippen LogP contribution in [-0.4, -0.2) is 27.9 Å². The summed E-state index contributed by atoms with van der Waals surface area (Å²) < 4.78 is 126. The molecule has 0 saturated heterocycles. The van der Waals surface area contributed by atoms with Crippen molar-refractivity contribution < 1.29 is 51.5 Å². The SMILES string of the molecule is CC(C)(C)c1cc(OS(=O)(=O)C(F)(F)F)ccc1OS(=O)(=O)C(F)(F)F. The van der Waals surface area contributed by atoms with Gasteiger partial charge in [-0.3, -0.25) is 0 Å². The molecule has 0 aliphatic rings. The summed E-state index contributed by atoms with van der Waals surface area (Å²) in [6.45, 7) is 4.12. The maximum atomic E-state index is 12.4. The molecule has 1 aromatic rings. The van der Waals surface area contributed by atoms with E-state index in [2.05, 4.69) is 8.37 Å². The molecule has 1 aromatic carbocycles. The van der Waals surface area contributed by atoms with Gasteiger partial charge in [0.2, 0.25) is 0 Å². The van der Waals surface area contributed by atoms with Gasteiger partial charge in [-0.15, -0.1) is 0 Å². The highest BCUT2D eigenvalue weighted by Gasteiger charge is 2.50. The second kappa shape index (κ2) is 6.48. The number of rotatable bonds is 4. The zero-order valence-electron chi connectivity index (χ0n) is 13.3. The molecule has 0 aliphatic heterocycles. The average Bonchev–Trinajstić information content (AvgIpc) is 2.35. The Balaban J connectivity index is 3.42. The Labute approximate surface area is 145 Å². The van der Waals surface area contributed by atoms with Crippen molar-refractivity contribution in [2.75, 3.05) is 0 Å². The molecular formula is C12H12F6O6S2. The highest BCUT2D eigenvalue weighted by molar-refractivity contribution is 7.88. The van der Waals surface area contributed by atoms with E-state index in [4.69, 9.17) is 0 Å². The van der Waals surface area contributed by atoms with E-state index in [9.17, 15) is 43.2 Å². The summed E-state index contributed by atoms with van der Waals surface area (Å²) in [6, 6.07) is 1.73. The van der Waals surface area contributed by atoms with E-state index in [0.29, 0.717) is 18.2 Å². The lowest BCUT2D eigenvalue weighted by Gasteiger charge is -2.23. The van der Waals surface area contributed by atoms with Crippen LogP contribution in [-0.2, 0) is 25.7 Å². The fraction of sp³-hybridized carbons (Fsp3) is 0.500. The highest BCUT2D eigenvalue weighted by Crippen LogP contribution is 2.38. The first-order valence-corrected chi connectivity index (χ1v) is 9.25. The third-order valence-corrected chi connectivity index (χ3v) is 4.68. The summed E-state index contributed by atoms with van der Waals surface area (Å²) in [4.78, 5) is 0. The van der Waals surface area contributed by atoms with E-state index >= 15 is 0 Å². The van der Waals surface area contributed by atoms with Crippen LogP contribution in [0.4, 0.5) is 26.3 Å². The monoisotopic (exact) mass is 430 g/mol. The summed E-state index contributed by atoms with van der Waals surface area (Å²) in [5.74, 6) is -1.73. The van der Waals surface area contributed by atoms with Crippen LogP contribution < -0.4 is 8.37 Å². The Morgan fingerprint density at radius 1 is 0.769 bits per heavy atom. The summed E-state index contributed by atoms with van der Waals surface area (Å²) in [5, 5.41) is 0. The van der Waals surface area contributed by atoms with Crippen molar-refractivity contribution in [1.29, 1.82) is 0 Å². The Kier molecular flexibility index (Phi) is 5.56. The molecule has 0 fully saturated rings. The zero-order chi connectivity index (χ0) is 20.8. The maximum Gasteiger partial charge on any atom is 0.534 e. The number of halogens is 6. The van der Waals surface area contributed by atoms with Gasteiger partial charge < -0.3 is 8.37 Å². The molecule has 0 spiro atoms. The van der Waals surface area contributed by atoms with Crippen LogP contribution in [0.15, 0.2) is 18.2 Å². The minimum atomic E-state index is -6.04. The number of benzene rings is 1. The van der Waals surface area contributed by atoms with Gasteiger partial charge in [-0.2, -0.15) is 43.2 Å². The smallest absolute Gasteiger partial charge is 0.376 e. The lowest BCUT2D eigenvalue weighted by molar-refractivity contribution is -0.0506. The van der Waals surface area contributed by atoms with Gasteiger partial charge in [0.15, 0.2) is 0 Å². The molecule has 0 atom stereocenters. The quantitative estimate of drug-likeness (QED) is 0.413. The molecule has 0 radical (unpaired) electrons. The predicted octanol–water partition coefficient (Wildman–Crippen LogP) is 3.44. The first-order valence-electron chi connectivity index (χ1n) is 6.44. The summed E-state index contributed by atoms with van der Waals surface area (Å²) in [5.41, 5.74) is -12.9. The van der Waals surface area contributed by atoms with E-state index < -0.39 is 48.2 Å². The molecule has 0 heterocycles. The van der Waals surface area contributed by atoms with Crippen molar-refractivity contribution >= 4 is 20.2 Å². The lowest BCUT2D eigenvalue weighted by Crippen LogP contribution is -2.29. The minimum absolute atomic E-state index is 0.333. The van der Waals surface area contributed by atoms with Crippen LogP contribution in [0.1, 0.15) is 26.3 Å². The molecule has 0 unspecified atom stereocenters. The van der Waals surface area contributed by atoms with Crippen LogP contribution in [0.2, 0.25) is 0 Å². The number of hydrogen-bond acceptors (Lipinski definition) is 6.